The van der Waals surface area contributed by atoms with Crippen molar-refractivity contribution in [1.82, 2.24) is 0 Å². The fourth-order valence-electron chi connectivity index (χ4n) is 1.80. The molecule has 0 bridgehead atoms. The summed E-state index contributed by atoms with van der Waals surface area (Å²) in [6, 6.07) is 0. The van der Waals surface area contributed by atoms with E-state index in [4.69, 9.17) is 4.74 Å². The highest BCUT2D eigenvalue weighted by atomic mass is 16.7. The topological polar surface area (TPSA) is 35.5 Å². The fourth-order valence-corrected chi connectivity index (χ4v) is 1.80. The predicted molar refractivity (Wildman–Crippen MR) is 52.8 cm³/mol. The number of hydrogen-bond donors (Lipinski definition) is 0. The van der Waals surface area contributed by atoms with Gasteiger partial charge in [-0.25, -0.2) is 4.79 Å². The summed E-state index contributed by atoms with van der Waals surface area (Å²) in [6.07, 6.45) is 4.33. The van der Waals surface area contributed by atoms with Gasteiger partial charge in [-0.05, 0) is 32.6 Å². The van der Waals surface area contributed by atoms with Crippen molar-refractivity contribution in [3.63, 3.8) is 0 Å². The first-order valence-electron chi connectivity index (χ1n) is 4.93. The van der Waals surface area contributed by atoms with Gasteiger partial charge in [0.25, 0.3) is 0 Å². The lowest BCUT2D eigenvalue weighted by Gasteiger charge is -2.31. The van der Waals surface area contributed by atoms with Crippen molar-refractivity contribution in [2.45, 2.75) is 44.6 Å². The van der Waals surface area contributed by atoms with Gasteiger partial charge in [0.05, 0.1) is 7.11 Å². The summed E-state index contributed by atoms with van der Waals surface area (Å²) < 4.78 is 9.73. The van der Waals surface area contributed by atoms with E-state index in [1.165, 1.54) is 13.5 Å². The highest BCUT2D eigenvalue weighted by Crippen LogP contribution is 2.31. The third-order valence-corrected chi connectivity index (χ3v) is 2.46. The minimum Gasteiger partial charge on any atom is -0.438 e. The molecule has 0 N–H and O–H groups in total. The Hall–Kier alpha value is -1.17. The van der Waals surface area contributed by atoms with Crippen LogP contribution in [0.25, 0.3) is 0 Å². The molecule has 0 atom stereocenters. The molecule has 1 rings (SSSR count). The Morgan fingerprint density at radius 1 is 1.29 bits per heavy atom. The summed E-state index contributed by atoms with van der Waals surface area (Å²) in [5.74, 6) is 5.82. The van der Waals surface area contributed by atoms with Crippen LogP contribution in [0, 0.1) is 11.8 Å². The molecule has 14 heavy (non-hydrogen) atoms. The smallest absolute Gasteiger partial charge is 0.438 e. The van der Waals surface area contributed by atoms with Gasteiger partial charge in [0.2, 0.25) is 0 Å². The summed E-state index contributed by atoms with van der Waals surface area (Å²) >= 11 is 0. The molecule has 78 valence electrons. The summed E-state index contributed by atoms with van der Waals surface area (Å²) in [6.45, 7) is 1.76. The van der Waals surface area contributed by atoms with E-state index in [0.717, 1.165) is 25.7 Å². The van der Waals surface area contributed by atoms with Crippen molar-refractivity contribution in [3.8, 4) is 11.8 Å². The average molecular weight is 196 g/mol. The van der Waals surface area contributed by atoms with E-state index in [-0.39, 0.29) is 0 Å². The Morgan fingerprint density at radius 2 is 1.93 bits per heavy atom. The monoisotopic (exact) mass is 196 g/mol. The van der Waals surface area contributed by atoms with Crippen molar-refractivity contribution in [1.29, 1.82) is 0 Å². The molecule has 0 radical (unpaired) electrons. The second-order valence-electron chi connectivity index (χ2n) is 3.49. The van der Waals surface area contributed by atoms with Gasteiger partial charge < -0.3 is 9.47 Å². The summed E-state index contributed by atoms with van der Waals surface area (Å²) in [5.41, 5.74) is -0.583. The number of ether oxygens (including phenoxy) is 2. The largest absolute Gasteiger partial charge is 0.509 e. The Balaban J connectivity index is 2.68. The van der Waals surface area contributed by atoms with Crippen LogP contribution < -0.4 is 0 Å². The molecule has 3 heteroatoms. The Morgan fingerprint density at radius 3 is 2.43 bits per heavy atom. The quantitative estimate of drug-likeness (QED) is 0.477. The van der Waals surface area contributed by atoms with E-state index in [0.29, 0.717) is 0 Å². The van der Waals surface area contributed by atoms with Crippen LogP contribution in [-0.4, -0.2) is 18.9 Å². The van der Waals surface area contributed by atoms with E-state index in [9.17, 15) is 4.79 Å². The molecule has 0 spiro atoms. The molecule has 0 aromatic carbocycles. The molecule has 0 aromatic rings. The van der Waals surface area contributed by atoms with Crippen LogP contribution in [0.4, 0.5) is 4.79 Å². The maximum Gasteiger partial charge on any atom is 0.509 e. The fraction of sp³-hybridized carbons (Fsp3) is 0.727. The molecule has 0 amide bonds. The highest BCUT2D eigenvalue weighted by Gasteiger charge is 2.34. The second-order valence-corrected chi connectivity index (χ2v) is 3.49. The van der Waals surface area contributed by atoms with Crippen LogP contribution >= 0.6 is 0 Å². The van der Waals surface area contributed by atoms with Gasteiger partial charge in [0.15, 0.2) is 5.60 Å². The number of methoxy groups -OCH3 is 1. The second kappa shape index (κ2) is 4.90. The van der Waals surface area contributed by atoms with Crippen molar-refractivity contribution in [3.05, 3.63) is 0 Å². The van der Waals surface area contributed by atoms with Gasteiger partial charge in [-0.2, -0.15) is 0 Å². The van der Waals surface area contributed by atoms with Crippen molar-refractivity contribution >= 4 is 6.16 Å². The molecule has 0 saturated heterocycles. The third kappa shape index (κ3) is 2.66. The Bertz CT molecular complexity index is 253. The lowest BCUT2D eigenvalue weighted by atomic mass is 9.85. The maximum atomic E-state index is 11.0. The Labute approximate surface area is 84.8 Å². The van der Waals surface area contributed by atoms with Gasteiger partial charge in [-0.3, -0.25) is 0 Å². The zero-order chi connectivity index (χ0) is 10.4. The lowest BCUT2D eigenvalue weighted by Crippen LogP contribution is -2.35. The zero-order valence-electron chi connectivity index (χ0n) is 8.76. The zero-order valence-corrected chi connectivity index (χ0v) is 8.76. The van der Waals surface area contributed by atoms with Gasteiger partial charge >= 0.3 is 6.16 Å². The SMILES string of the molecule is CC#CC1(OC(=O)OC)CCCCC1. The highest BCUT2D eigenvalue weighted by molar-refractivity contribution is 5.61. The molecule has 1 aliphatic carbocycles. The lowest BCUT2D eigenvalue weighted by molar-refractivity contribution is -0.0135. The van der Waals surface area contributed by atoms with E-state index in [2.05, 4.69) is 16.6 Å². The van der Waals surface area contributed by atoms with E-state index in [1.54, 1.807) is 6.92 Å². The number of rotatable bonds is 1. The van der Waals surface area contributed by atoms with Crippen LogP contribution in [-0.2, 0) is 9.47 Å². The van der Waals surface area contributed by atoms with Gasteiger partial charge in [0.1, 0.15) is 0 Å². The minimum absolute atomic E-state index is 0.583. The summed E-state index contributed by atoms with van der Waals surface area (Å²) in [4.78, 5) is 11.0. The van der Waals surface area contributed by atoms with Crippen LogP contribution in [0.3, 0.4) is 0 Å². The maximum absolute atomic E-state index is 11.0. The molecule has 0 unspecified atom stereocenters. The summed E-state index contributed by atoms with van der Waals surface area (Å²) in [5, 5.41) is 0. The molecule has 0 heterocycles. The first kappa shape index (κ1) is 10.9. The van der Waals surface area contributed by atoms with Crippen LogP contribution in [0.1, 0.15) is 39.0 Å². The van der Waals surface area contributed by atoms with Crippen LogP contribution in [0.5, 0.6) is 0 Å². The molecule has 1 saturated carbocycles. The van der Waals surface area contributed by atoms with E-state index < -0.39 is 11.8 Å². The van der Waals surface area contributed by atoms with Crippen LogP contribution in [0.15, 0.2) is 0 Å². The average Bonchev–Trinajstić information content (AvgIpc) is 2.19. The van der Waals surface area contributed by atoms with Crippen molar-refractivity contribution < 1.29 is 14.3 Å². The molecule has 0 aromatic heterocycles. The minimum atomic E-state index is -0.630. The molecule has 1 aliphatic rings. The number of carbonyl (C=O) groups excluding carboxylic acids is 1. The number of carbonyl (C=O) groups is 1. The number of hydrogen-bond acceptors (Lipinski definition) is 3. The van der Waals surface area contributed by atoms with Crippen molar-refractivity contribution in [2.75, 3.05) is 7.11 Å². The first-order chi connectivity index (χ1) is 6.72. The van der Waals surface area contributed by atoms with E-state index in [1.807, 2.05) is 0 Å². The van der Waals surface area contributed by atoms with Gasteiger partial charge in [-0.1, -0.05) is 12.3 Å². The predicted octanol–water partition coefficient (Wildman–Crippen LogP) is 2.50. The van der Waals surface area contributed by atoms with E-state index >= 15 is 0 Å². The first-order valence-corrected chi connectivity index (χ1v) is 4.93. The molecule has 1 fully saturated rings. The van der Waals surface area contributed by atoms with Crippen molar-refractivity contribution in [2.24, 2.45) is 0 Å². The van der Waals surface area contributed by atoms with Gasteiger partial charge in [0, 0.05) is 0 Å². The normalized spacial score (nSPS) is 19.0. The summed E-state index contributed by atoms with van der Waals surface area (Å²) in [7, 11) is 1.32. The molecular weight excluding hydrogens is 180 g/mol. The molecule has 0 aliphatic heterocycles. The molecular formula is C11H16O3. The van der Waals surface area contributed by atoms with Gasteiger partial charge in [-0.15, -0.1) is 5.92 Å². The van der Waals surface area contributed by atoms with Crippen LogP contribution in [0.2, 0.25) is 0 Å². The third-order valence-electron chi connectivity index (χ3n) is 2.46. The Kier molecular flexibility index (Phi) is 3.82. The standard InChI is InChI=1S/C11H16O3/c1-3-7-11(14-10(12)13-2)8-5-4-6-9-11/h4-6,8-9H2,1-2H3. The molecule has 3 nitrogen and oxygen atoms in total.